The molecule has 0 aliphatic rings. The number of anilines is 1. The van der Waals surface area contributed by atoms with E-state index in [1.54, 1.807) is 18.3 Å². The molecule has 2 aromatic heterocycles. The summed E-state index contributed by atoms with van der Waals surface area (Å²) in [6.45, 7) is 0. The van der Waals surface area contributed by atoms with Crippen molar-refractivity contribution in [3.05, 3.63) is 40.4 Å². The van der Waals surface area contributed by atoms with Crippen LogP contribution >= 0.6 is 0 Å². The average Bonchev–Trinajstić information content (AvgIpc) is 2.34. The Morgan fingerprint density at radius 3 is 2.83 bits per heavy atom. The fourth-order valence-corrected chi connectivity index (χ4v) is 1.48. The van der Waals surface area contributed by atoms with Gasteiger partial charge in [0.1, 0.15) is 11.6 Å². The van der Waals surface area contributed by atoms with Gasteiger partial charge in [0.2, 0.25) is 0 Å². The van der Waals surface area contributed by atoms with Gasteiger partial charge in [0, 0.05) is 18.0 Å². The summed E-state index contributed by atoms with van der Waals surface area (Å²) in [5.74, 6) is -0.956. The van der Waals surface area contributed by atoms with E-state index < -0.39 is 17.9 Å². The van der Waals surface area contributed by atoms with Crippen LogP contribution in [0.15, 0.2) is 29.3 Å². The third-order valence-electron chi connectivity index (χ3n) is 2.31. The van der Waals surface area contributed by atoms with Crippen LogP contribution in [0.1, 0.15) is 5.56 Å². The van der Waals surface area contributed by atoms with Gasteiger partial charge in [0.25, 0.3) is 5.56 Å². The number of nitrogens with one attached hydrogen (secondary N) is 1. The van der Waals surface area contributed by atoms with E-state index >= 15 is 0 Å². The Kier molecular flexibility index (Phi) is 3.05. The minimum atomic E-state index is -1.14. The Bertz CT molecular complexity index is 636. The Hall–Kier alpha value is -2.70. The fraction of sp³-hybridized carbons (Fsp3) is 0.0909. The van der Waals surface area contributed by atoms with Gasteiger partial charge in [-0.2, -0.15) is 0 Å². The number of pyridine rings is 1. The van der Waals surface area contributed by atoms with Gasteiger partial charge in [-0.05, 0) is 12.1 Å². The summed E-state index contributed by atoms with van der Waals surface area (Å²) in [6.07, 6.45) is 2.65. The number of hydrogen-bond donors (Lipinski definition) is 3. The topological polar surface area (TPSA) is 122 Å². The van der Waals surface area contributed by atoms with Crippen LogP contribution < -0.4 is 11.3 Å². The van der Waals surface area contributed by atoms with Gasteiger partial charge >= 0.3 is 5.97 Å². The summed E-state index contributed by atoms with van der Waals surface area (Å²) >= 11 is 0. The number of hydrogen-bond acceptors (Lipinski definition) is 5. The molecule has 0 spiro atoms. The van der Waals surface area contributed by atoms with Crippen molar-refractivity contribution < 1.29 is 9.90 Å². The first-order valence-electron chi connectivity index (χ1n) is 5.09. The molecule has 7 nitrogen and oxygen atoms in total. The van der Waals surface area contributed by atoms with E-state index in [9.17, 15) is 9.59 Å². The molecule has 0 atom stereocenters. The van der Waals surface area contributed by atoms with Crippen LogP contribution in [-0.2, 0) is 11.2 Å². The number of carboxylic acids is 1. The Balaban J connectivity index is 2.49. The van der Waals surface area contributed by atoms with Crippen molar-refractivity contribution in [1.29, 1.82) is 0 Å². The number of aromatic nitrogens is 3. The first-order chi connectivity index (χ1) is 8.58. The number of aliphatic carboxylic acids is 1. The number of H-pyrrole nitrogens is 1. The molecule has 92 valence electrons. The quantitative estimate of drug-likeness (QED) is 0.702. The van der Waals surface area contributed by atoms with Crippen molar-refractivity contribution in [3.8, 4) is 11.4 Å². The molecule has 4 N–H and O–H groups in total. The van der Waals surface area contributed by atoms with Gasteiger partial charge in [0.05, 0.1) is 12.0 Å². The number of aromatic amines is 1. The van der Waals surface area contributed by atoms with E-state index in [4.69, 9.17) is 10.8 Å². The molecule has 0 bridgehead atoms. The van der Waals surface area contributed by atoms with Crippen LogP contribution in [0.5, 0.6) is 0 Å². The maximum atomic E-state index is 11.7. The highest BCUT2D eigenvalue weighted by molar-refractivity contribution is 5.72. The molecule has 18 heavy (non-hydrogen) atoms. The van der Waals surface area contributed by atoms with Crippen LogP contribution in [0.2, 0.25) is 0 Å². The highest BCUT2D eigenvalue weighted by Gasteiger charge is 2.13. The molecule has 0 saturated carbocycles. The van der Waals surface area contributed by atoms with Gasteiger partial charge in [-0.25, -0.2) is 4.98 Å². The lowest BCUT2D eigenvalue weighted by atomic mass is 10.2. The van der Waals surface area contributed by atoms with E-state index in [0.29, 0.717) is 5.56 Å². The van der Waals surface area contributed by atoms with Crippen molar-refractivity contribution in [1.82, 2.24) is 15.0 Å². The minimum absolute atomic E-state index is 0.0462. The molecule has 0 radical (unpaired) electrons. The molecule has 0 aliphatic carbocycles. The molecule has 0 unspecified atom stereocenters. The number of nitrogen functional groups attached to an aromatic ring is 1. The second-order valence-electron chi connectivity index (χ2n) is 3.59. The van der Waals surface area contributed by atoms with Crippen molar-refractivity contribution in [2.75, 3.05) is 5.73 Å². The van der Waals surface area contributed by atoms with Crippen LogP contribution in [0.4, 0.5) is 5.82 Å². The normalized spacial score (nSPS) is 10.2. The maximum absolute atomic E-state index is 11.7. The number of rotatable bonds is 3. The first kappa shape index (κ1) is 11.8. The van der Waals surface area contributed by atoms with Crippen molar-refractivity contribution >= 4 is 11.8 Å². The van der Waals surface area contributed by atoms with E-state index in [1.165, 1.54) is 6.20 Å². The lowest BCUT2D eigenvalue weighted by Gasteiger charge is -2.05. The summed E-state index contributed by atoms with van der Waals surface area (Å²) in [7, 11) is 0. The summed E-state index contributed by atoms with van der Waals surface area (Å²) in [6, 6.07) is 3.40. The van der Waals surface area contributed by atoms with E-state index in [-0.39, 0.29) is 17.2 Å². The monoisotopic (exact) mass is 246 g/mol. The van der Waals surface area contributed by atoms with Gasteiger partial charge in [-0.1, -0.05) is 0 Å². The Labute approximate surface area is 101 Å². The van der Waals surface area contributed by atoms with E-state index in [0.717, 1.165) is 0 Å². The maximum Gasteiger partial charge on any atom is 0.308 e. The third-order valence-corrected chi connectivity index (χ3v) is 2.31. The van der Waals surface area contributed by atoms with Gasteiger partial charge in [-0.3, -0.25) is 14.6 Å². The predicted molar refractivity (Wildman–Crippen MR) is 63.8 cm³/mol. The zero-order valence-corrected chi connectivity index (χ0v) is 9.25. The molecule has 0 aromatic carbocycles. The average molecular weight is 246 g/mol. The standard InChI is InChI=1S/C11H10N4O3/c12-9-7(4-8(16)17)11(18)15-10(14-9)6-2-1-3-13-5-6/h1-3,5H,4H2,(H,16,17)(H3,12,14,15,18). The fourth-order valence-electron chi connectivity index (χ4n) is 1.48. The molecular weight excluding hydrogens is 236 g/mol. The minimum Gasteiger partial charge on any atom is -0.481 e. The van der Waals surface area contributed by atoms with E-state index in [1.807, 2.05) is 0 Å². The summed E-state index contributed by atoms with van der Waals surface area (Å²) in [4.78, 5) is 32.7. The SMILES string of the molecule is Nc1nc(-c2cccnc2)[nH]c(=O)c1CC(=O)O. The molecule has 0 aliphatic heterocycles. The smallest absolute Gasteiger partial charge is 0.308 e. The van der Waals surface area contributed by atoms with Crippen molar-refractivity contribution in [2.24, 2.45) is 0 Å². The van der Waals surface area contributed by atoms with Gasteiger partial charge < -0.3 is 15.8 Å². The summed E-state index contributed by atoms with van der Waals surface area (Å²) < 4.78 is 0. The van der Waals surface area contributed by atoms with Crippen LogP contribution in [-0.4, -0.2) is 26.0 Å². The molecule has 2 aromatic rings. The highest BCUT2D eigenvalue weighted by Crippen LogP contribution is 2.14. The molecule has 0 amide bonds. The lowest BCUT2D eigenvalue weighted by molar-refractivity contribution is -0.136. The summed E-state index contributed by atoms with van der Waals surface area (Å²) in [5, 5.41) is 8.66. The summed E-state index contributed by atoms with van der Waals surface area (Å²) in [5.41, 5.74) is 5.59. The van der Waals surface area contributed by atoms with Crippen LogP contribution in [0.3, 0.4) is 0 Å². The van der Waals surface area contributed by atoms with Crippen LogP contribution in [0, 0.1) is 0 Å². The Morgan fingerprint density at radius 1 is 1.50 bits per heavy atom. The predicted octanol–water partition coefficient (Wildman–Crippen LogP) is 0.0412. The lowest BCUT2D eigenvalue weighted by Crippen LogP contribution is -2.21. The highest BCUT2D eigenvalue weighted by atomic mass is 16.4. The number of nitrogens with two attached hydrogens (primary N) is 1. The zero-order valence-electron chi connectivity index (χ0n) is 9.25. The molecule has 7 heteroatoms. The second-order valence-corrected chi connectivity index (χ2v) is 3.59. The Morgan fingerprint density at radius 2 is 2.28 bits per heavy atom. The number of nitrogens with zero attached hydrogens (tertiary/aromatic N) is 2. The largest absolute Gasteiger partial charge is 0.481 e. The van der Waals surface area contributed by atoms with Gasteiger partial charge in [0.15, 0.2) is 0 Å². The van der Waals surface area contributed by atoms with Gasteiger partial charge in [-0.15, -0.1) is 0 Å². The first-order valence-corrected chi connectivity index (χ1v) is 5.09. The van der Waals surface area contributed by atoms with E-state index in [2.05, 4.69) is 15.0 Å². The van der Waals surface area contributed by atoms with Crippen molar-refractivity contribution in [3.63, 3.8) is 0 Å². The molecule has 2 rings (SSSR count). The molecule has 0 fully saturated rings. The number of carbonyl (C=O) groups is 1. The third kappa shape index (κ3) is 2.34. The molecular formula is C11H10N4O3. The number of carboxylic acid groups (broad SMARTS) is 1. The zero-order chi connectivity index (χ0) is 13.1. The van der Waals surface area contributed by atoms with Crippen LogP contribution in [0.25, 0.3) is 11.4 Å². The molecule has 2 heterocycles. The van der Waals surface area contributed by atoms with Crippen molar-refractivity contribution in [2.45, 2.75) is 6.42 Å². The molecule has 0 saturated heterocycles. The second kappa shape index (κ2) is 4.66.